The molecule has 7 heteroatoms. The van der Waals surface area contributed by atoms with Crippen LogP contribution in [0.1, 0.15) is 0 Å². The molecule has 0 aliphatic heterocycles. The minimum absolute atomic E-state index is 0. The molecule has 9 heavy (non-hydrogen) atoms. The Hall–Kier alpha value is 0.0948. The molecular weight excluding hydrogens is 118 g/mol. The summed E-state index contributed by atoms with van der Waals surface area (Å²) in [6.45, 7) is 0. The Labute approximate surface area is 75.1 Å². The first kappa shape index (κ1) is 23.0. The van der Waals surface area contributed by atoms with Crippen molar-refractivity contribution < 1.29 is 25.3 Å². The molecule has 0 bridgehead atoms. The van der Waals surface area contributed by atoms with Crippen molar-refractivity contribution in [2.45, 2.75) is 0 Å². The molecular formula is C2H6Li2O5. The van der Waals surface area contributed by atoms with Gasteiger partial charge in [-0.15, -0.1) is 0 Å². The first-order valence-corrected chi connectivity index (χ1v) is 1.11. The number of carbonyl (C=O) groups is 2. The van der Waals surface area contributed by atoms with E-state index in [1.54, 1.807) is 0 Å². The Morgan fingerprint density at radius 3 is 1.00 bits per heavy atom. The van der Waals surface area contributed by atoms with E-state index in [1.807, 2.05) is 0 Å². The molecule has 0 rings (SSSR count). The molecule has 0 aliphatic rings. The van der Waals surface area contributed by atoms with Crippen LogP contribution in [0, 0.1) is 0 Å². The van der Waals surface area contributed by atoms with Crippen LogP contribution >= 0.6 is 0 Å². The fourth-order valence-electron chi connectivity index (χ4n) is 0. The number of aliphatic carboxylic acids is 2. The Balaban J connectivity index is -0.0000000417. The molecule has 0 fully saturated rings. The van der Waals surface area contributed by atoms with E-state index in [9.17, 15) is 0 Å². The molecule has 0 aromatic carbocycles. The van der Waals surface area contributed by atoms with E-state index in [2.05, 4.69) is 0 Å². The van der Waals surface area contributed by atoms with Gasteiger partial charge in [-0.1, -0.05) is 0 Å². The van der Waals surface area contributed by atoms with Gasteiger partial charge in [0.1, 0.15) is 0 Å². The van der Waals surface area contributed by atoms with E-state index in [4.69, 9.17) is 19.8 Å². The van der Waals surface area contributed by atoms with Crippen LogP contribution in [0.3, 0.4) is 0 Å². The van der Waals surface area contributed by atoms with Gasteiger partial charge in [-0.2, -0.15) is 0 Å². The standard InChI is InChI=1S/C2H2O4.2Li.H2O.2H/c3-1(4)2(5)6;;;;;/h(H,3,4)(H,5,6);;;1H2;;. The van der Waals surface area contributed by atoms with Crippen LogP contribution in [0.25, 0.3) is 0 Å². The van der Waals surface area contributed by atoms with Crippen molar-refractivity contribution in [3.05, 3.63) is 0 Å². The third kappa shape index (κ3) is 17.9. The Kier molecular flexibility index (Phi) is 28.0. The molecule has 46 valence electrons. The molecule has 0 aliphatic carbocycles. The van der Waals surface area contributed by atoms with E-state index in [0.29, 0.717) is 0 Å². The summed E-state index contributed by atoms with van der Waals surface area (Å²) >= 11 is 0. The zero-order chi connectivity index (χ0) is 5.15. The number of hydrogen-bond donors (Lipinski definition) is 2. The summed E-state index contributed by atoms with van der Waals surface area (Å²) < 4.78 is 0. The summed E-state index contributed by atoms with van der Waals surface area (Å²) in [7, 11) is 0. The van der Waals surface area contributed by atoms with Crippen molar-refractivity contribution in [2.24, 2.45) is 0 Å². The van der Waals surface area contributed by atoms with Gasteiger partial charge in [0.05, 0.1) is 0 Å². The zero-order valence-electron chi connectivity index (χ0n) is 3.21. The minimum atomic E-state index is -1.82. The van der Waals surface area contributed by atoms with Crippen molar-refractivity contribution >= 4 is 49.7 Å². The van der Waals surface area contributed by atoms with Crippen LogP contribution in [-0.2, 0) is 9.59 Å². The van der Waals surface area contributed by atoms with Crippen molar-refractivity contribution in [1.82, 2.24) is 0 Å². The number of hydrogen-bond acceptors (Lipinski definition) is 2. The second kappa shape index (κ2) is 11.0. The summed E-state index contributed by atoms with van der Waals surface area (Å²) in [5, 5.41) is 14.8. The van der Waals surface area contributed by atoms with Crippen molar-refractivity contribution in [2.75, 3.05) is 0 Å². The summed E-state index contributed by atoms with van der Waals surface area (Å²) in [5.74, 6) is -3.65. The van der Waals surface area contributed by atoms with Crippen LogP contribution in [0.4, 0.5) is 0 Å². The van der Waals surface area contributed by atoms with E-state index in [-0.39, 0.29) is 43.2 Å². The van der Waals surface area contributed by atoms with Crippen molar-refractivity contribution in [3.63, 3.8) is 0 Å². The summed E-state index contributed by atoms with van der Waals surface area (Å²) in [5.41, 5.74) is 0. The fourth-order valence-corrected chi connectivity index (χ4v) is 0. The maximum absolute atomic E-state index is 9.10. The van der Waals surface area contributed by atoms with E-state index >= 15 is 0 Å². The SMILES string of the molecule is O.O=C(O)C(=O)O.[LiH].[LiH]. The molecule has 0 amide bonds. The second-order valence-corrected chi connectivity index (χ2v) is 0.610. The normalized spacial score (nSPS) is 4.89. The third-order valence-corrected chi connectivity index (χ3v) is 0.183. The number of carboxylic acid groups (broad SMARTS) is 2. The molecule has 0 atom stereocenters. The predicted octanol–water partition coefficient (Wildman–Crippen LogP) is -2.97. The fraction of sp³-hybridized carbons (Fsp3) is 0. The van der Waals surface area contributed by atoms with Crippen molar-refractivity contribution in [1.29, 1.82) is 0 Å². The summed E-state index contributed by atoms with van der Waals surface area (Å²) in [6.07, 6.45) is 0. The van der Waals surface area contributed by atoms with Gasteiger partial charge in [0.2, 0.25) is 0 Å². The molecule has 4 N–H and O–H groups in total. The van der Waals surface area contributed by atoms with Crippen LogP contribution in [0.5, 0.6) is 0 Å². The van der Waals surface area contributed by atoms with Crippen molar-refractivity contribution in [3.8, 4) is 0 Å². The molecule has 0 aromatic rings. The van der Waals surface area contributed by atoms with Gasteiger partial charge >= 0.3 is 49.7 Å². The Morgan fingerprint density at radius 1 is 0.889 bits per heavy atom. The van der Waals surface area contributed by atoms with Gasteiger partial charge in [-0.05, 0) is 0 Å². The number of rotatable bonds is 0. The first-order chi connectivity index (χ1) is 2.64. The average Bonchev–Trinajstić information content (AvgIpc) is 1.36. The monoisotopic (exact) mass is 124 g/mol. The van der Waals surface area contributed by atoms with Gasteiger partial charge in [-0.3, -0.25) is 0 Å². The maximum atomic E-state index is 9.10. The molecule has 0 saturated heterocycles. The molecule has 0 saturated carbocycles. The molecule has 0 radical (unpaired) electrons. The third-order valence-electron chi connectivity index (χ3n) is 0.183. The van der Waals surface area contributed by atoms with Gasteiger partial charge in [0, 0.05) is 0 Å². The topological polar surface area (TPSA) is 106 Å². The predicted molar refractivity (Wildman–Crippen MR) is 33.2 cm³/mol. The molecule has 0 heterocycles. The molecule has 0 spiro atoms. The first-order valence-electron chi connectivity index (χ1n) is 1.11. The van der Waals surface area contributed by atoms with E-state index < -0.39 is 11.9 Å². The van der Waals surface area contributed by atoms with Crippen LogP contribution in [0.2, 0.25) is 0 Å². The average molecular weight is 124 g/mol. The Morgan fingerprint density at radius 2 is 1.00 bits per heavy atom. The van der Waals surface area contributed by atoms with Crippen LogP contribution in [-0.4, -0.2) is 65.3 Å². The van der Waals surface area contributed by atoms with Crippen LogP contribution < -0.4 is 0 Å². The van der Waals surface area contributed by atoms with Crippen LogP contribution in [0.15, 0.2) is 0 Å². The summed E-state index contributed by atoms with van der Waals surface area (Å²) in [6, 6.07) is 0. The second-order valence-electron chi connectivity index (χ2n) is 0.610. The van der Waals surface area contributed by atoms with E-state index in [0.717, 1.165) is 0 Å². The Bertz CT molecular complexity index is 79.0. The quantitative estimate of drug-likeness (QED) is 0.265. The van der Waals surface area contributed by atoms with Gasteiger partial charge < -0.3 is 15.7 Å². The molecule has 5 nitrogen and oxygen atoms in total. The van der Waals surface area contributed by atoms with Gasteiger partial charge in [0.25, 0.3) is 0 Å². The van der Waals surface area contributed by atoms with Gasteiger partial charge in [-0.25, -0.2) is 9.59 Å². The number of carboxylic acids is 2. The zero-order valence-corrected chi connectivity index (χ0v) is 3.21. The van der Waals surface area contributed by atoms with E-state index in [1.165, 1.54) is 0 Å². The molecule has 0 unspecified atom stereocenters. The van der Waals surface area contributed by atoms with Gasteiger partial charge in [0.15, 0.2) is 0 Å². The summed E-state index contributed by atoms with van der Waals surface area (Å²) in [4.78, 5) is 18.2. The molecule has 0 aromatic heterocycles.